The van der Waals surface area contributed by atoms with E-state index < -0.39 is 27.5 Å². The van der Waals surface area contributed by atoms with E-state index in [9.17, 15) is 17.4 Å². The molecule has 1 aliphatic rings. The summed E-state index contributed by atoms with van der Waals surface area (Å²) in [7, 11) is -1.22. The summed E-state index contributed by atoms with van der Waals surface area (Å²) in [5, 5.41) is 0. The van der Waals surface area contributed by atoms with Crippen molar-refractivity contribution in [2.75, 3.05) is 0 Å². The molecule has 21 heavy (non-hydrogen) atoms. The van der Waals surface area contributed by atoms with Gasteiger partial charge in [-0.05, 0) is 38.5 Å². The molecule has 0 spiro atoms. The Morgan fingerprint density at radius 1 is 1.19 bits per heavy atom. The number of benzene rings is 1. The molecule has 1 aliphatic heterocycles. The highest BCUT2D eigenvalue weighted by atomic mass is 32.2. The van der Waals surface area contributed by atoms with E-state index in [0.717, 1.165) is 17.7 Å². The van der Waals surface area contributed by atoms with Crippen LogP contribution < -0.4 is 0 Å². The maximum absolute atomic E-state index is 12.6. The van der Waals surface area contributed by atoms with Gasteiger partial charge in [-0.25, -0.2) is 8.51 Å². The molecule has 2 rings (SSSR count). The van der Waals surface area contributed by atoms with Crippen molar-refractivity contribution in [3.8, 4) is 0 Å². The Labute approximate surface area is 125 Å². The molecule has 0 aliphatic carbocycles. The van der Waals surface area contributed by atoms with Crippen molar-refractivity contribution in [2.45, 2.75) is 43.8 Å². The van der Waals surface area contributed by atoms with Crippen LogP contribution in [0.4, 0.5) is 13.2 Å². The Balaban J connectivity index is 2.23. The van der Waals surface area contributed by atoms with Crippen LogP contribution in [0.3, 0.4) is 0 Å². The van der Waals surface area contributed by atoms with E-state index in [4.69, 9.17) is 0 Å². The average molecular weight is 317 g/mol. The number of nitrogens with zero attached hydrogens (tertiary/aromatic N) is 1. The van der Waals surface area contributed by atoms with Crippen molar-refractivity contribution in [3.05, 3.63) is 48.0 Å². The zero-order valence-electron chi connectivity index (χ0n) is 12.1. The lowest BCUT2D eigenvalue weighted by atomic mass is 10.1. The highest BCUT2D eigenvalue weighted by molar-refractivity contribution is 7.84. The maximum Gasteiger partial charge on any atom is 0.416 e. The fourth-order valence-electron chi connectivity index (χ4n) is 2.20. The lowest BCUT2D eigenvalue weighted by Crippen LogP contribution is -2.28. The molecule has 0 N–H and O–H groups in total. The number of halogens is 3. The number of alkyl halides is 3. The van der Waals surface area contributed by atoms with Crippen molar-refractivity contribution in [2.24, 2.45) is 0 Å². The van der Waals surface area contributed by atoms with Crippen molar-refractivity contribution in [1.82, 2.24) is 4.31 Å². The summed E-state index contributed by atoms with van der Waals surface area (Å²) < 4.78 is 51.5. The predicted molar refractivity (Wildman–Crippen MR) is 77.9 cm³/mol. The van der Waals surface area contributed by atoms with Crippen LogP contribution in [0.15, 0.2) is 36.9 Å². The molecule has 1 unspecified atom stereocenters. The van der Waals surface area contributed by atoms with Gasteiger partial charge in [-0.2, -0.15) is 13.2 Å². The maximum atomic E-state index is 12.6. The van der Waals surface area contributed by atoms with Gasteiger partial charge >= 0.3 is 6.18 Å². The van der Waals surface area contributed by atoms with Gasteiger partial charge in [-0.3, -0.25) is 0 Å². The Morgan fingerprint density at radius 2 is 1.71 bits per heavy atom. The van der Waals surface area contributed by atoms with Crippen molar-refractivity contribution < 1.29 is 17.4 Å². The van der Waals surface area contributed by atoms with Crippen LogP contribution >= 0.6 is 0 Å². The van der Waals surface area contributed by atoms with E-state index in [1.807, 2.05) is 20.8 Å². The van der Waals surface area contributed by atoms with Crippen LogP contribution in [0.1, 0.15) is 37.9 Å². The standard InChI is InChI=1S/C15H18F3NOS/c1-5-12-13(19(12)21(20)14(2,3)4)10-6-8-11(9-7-10)15(16,17)18/h5-9,12-13H,1H2,2-4H3/t12-,13-,19?,21-/m1/s1. The van der Waals surface area contributed by atoms with Crippen LogP contribution in [0, 0.1) is 0 Å². The molecule has 4 atom stereocenters. The zero-order chi connectivity index (χ0) is 16.0. The molecule has 0 saturated carbocycles. The summed E-state index contributed by atoms with van der Waals surface area (Å²) in [6.45, 7) is 9.31. The molecular weight excluding hydrogens is 299 g/mol. The van der Waals surface area contributed by atoms with E-state index in [1.54, 1.807) is 10.4 Å². The molecule has 0 radical (unpaired) electrons. The molecular formula is C15H18F3NOS. The monoisotopic (exact) mass is 317 g/mol. The summed E-state index contributed by atoms with van der Waals surface area (Å²) in [6.07, 6.45) is -2.65. The highest BCUT2D eigenvalue weighted by Gasteiger charge is 2.52. The van der Waals surface area contributed by atoms with Gasteiger partial charge in [0, 0.05) is 0 Å². The third-order valence-corrected chi connectivity index (χ3v) is 5.24. The fraction of sp³-hybridized carbons (Fsp3) is 0.467. The lowest BCUT2D eigenvalue weighted by Gasteiger charge is -2.18. The van der Waals surface area contributed by atoms with Crippen molar-refractivity contribution in [1.29, 1.82) is 0 Å². The van der Waals surface area contributed by atoms with Crippen LogP contribution in [0.2, 0.25) is 0 Å². The normalized spacial score (nSPS) is 27.2. The Bertz CT molecular complexity index is 560. The topological polar surface area (TPSA) is 20.1 Å². The lowest BCUT2D eigenvalue weighted by molar-refractivity contribution is -0.137. The van der Waals surface area contributed by atoms with Gasteiger partial charge in [-0.1, -0.05) is 18.2 Å². The minimum atomic E-state index is -4.34. The van der Waals surface area contributed by atoms with E-state index in [2.05, 4.69) is 6.58 Å². The highest BCUT2D eigenvalue weighted by Crippen LogP contribution is 2.47. The second-order valence-corrected chi connectivity index (χ2v) is 8.16. The first kappa shape index (κ1) is 16.2. The predicted octanol–water partition coefficient (Wildman–Crippen LogP) is 4.08. The minimum absolute atomic E-state index is 0.0956. The molecule has 0 amide bonds. The number of hydrogen-bond donors (Lipinski definition) is 0. The van der Waals surface area contributed by atoms with Crippen LogP contribution in [-0.4, -0.2) is 19.3 Å². The summed E-state index contributed by atoms with van der Waals surface area (Å²) in [6, 6.07) is 4.76. The van der Waals surface area contributed by atoms with Gasteiger partial charge in [0.05, 0.1) is 22.4 Å². The molecule has 1 saturated heterocycles. The SMILES string of the molecule is C=C[C@@H]1[C@@H](c2ccc(C(F)(F)F)cc2)N1[S@](=O)C(C)(C)C. The van der Waals surface area contributed by atoms with Gasteiger partial charge in [-0.15, -0.1) is 6.58 Å². The summed E-state index contributed by atoms with van der Waals surface area (Å²) in [5.74, 6) is 0. The summed E-state index contributed by atoms with van der Waals surface area (Å²) in [4.78, 5) is 0. The van der Waals surface area contributed by atoms with Crippen LogP contribution in [0.25, 0.3) is 0 Å². The van der Waals surface area contributed by atoms with Gasteiger partial charge in [0.2, 0.25) is 0 Å². The molecule has 1 fully saturated rings. The average Bonchev–Trinajstić information content (AvgIpc) is 3.09. The third-order valence-electron chi connectivity index (χ3n) is 3.34. The third kappa shape index (κ3) is 3.21. The zero-order valence-corrected chi connectivity index (χ0v) is 13.0. The first-order valence-corrected chi connectivity index (χ1v) is 7.68. The van der Waals surface area contributed by atoms with Crippen LogP contribution in [0.5, 0.6) is 0 Å². The molecule has 0 aromatic heterocycles. The minimum Gasteiger partial charge on any atom is -0.242 e. The van der Waals surface area contributed by atoms with E-state index in [0.29, 0.717) is 0 Å². The Hall–Kier alpha value is -1.14. The largest absolute Gasteiger partial charge is 0.416 e. The van der Waals surface area contributed by atoms with Crippen LogP contribution in [-0.2, 0) is 17.2 Å². The molecule has 6 heteroatoms. The van der Waals surface area contributed by atoms with Gasteiger partial charge in [0.25, 0.3) is 0 Å². The van der Waals surface area contributed by atoms with Crippen molar-refractivity contribution >= 4 is 11.0 Å². The molecule has 0 bridgehead atoms. The van der Waals surface area contributed by atoms with E-state index >= 15 is 0 Å². The molecule has 1 aromatic rings. The first-order valence-electron chi connectivity index (χ1n) is 6.57. The summed E-state index contributed by atoms with van der Waals surface area (Å²) in [5.41, 5.74) is 0.0519. The quantitative estimate of drug-likeness (QED) is 0.607. The number of hydrogen-bond acceptors (Lipinski definition) is 1. The molecule has 116 valence electrons. The molecule has 2 nitrogen and oxygen atoms in total. The van der Waals surface area contributed by atoms with Gasteiger partial charge in [0.1, 0.15) is 11.0 Å². The second kappa shape index (κ2) is 5.25. The van der Waals surface area contributed by atoms with Gasteiger partial charge in [0.15, 0.2) is 0 Å². The van der Waals surface area contributed by atoms with Gasteiger partial charge < -0.3 is 0 Å². The molecule has 1 aromatic carbocycles. The van der Waals surface area contributed by atoms with E-state index in [1.165, 1.54) is 12.1 Å². The molecule has 1 heterocycles. The number of rotatable bonds is 3. The Kier molecular flexibility index (Phi) is 4.06. The fourth-order valence-corrected chi connectivity index (χ4v) is 3.66. The summed E-state index contributed by atoms with van der Waals surface area (Å²) >= 11 is 0. The van der Waals surface area contributed by atoms with E-state index in [-0.39, 0.29) is 12.1 Å². The smallest absolute Gasteiger partial charge is 0.242 e. The van der Waals surface area contributed by atoms with Crippen molar-refractivity contribution in [3.63, 3.8) is 0 Å². The Morgan fingerprint density at radius 3 is 2.10 bits per heavy atom. The first-order chi connectivity index (χ1) is 9.57. The second-order valence-electron chi connectivity index (χ2n) is 6.01.